The zero-order chi connectivity index (χ0) is 18.2. The van der Waals surface area contributed by atoms with Crippen LogP contribution in [0.5, 0.6) is 0 Å². The Bertz CT molecular complexity index is 664. The first-order chi connectivity index (χ1) is 11.7. The molecule has 0 spiro atoms. The largest absolute Gasteiger partial charge is 0.525 e. The number of halogens is 1. The van der Waals surface area contributed by atoms with Crippen molar-refractivity contribution in [3.05, 3.63) is 23.7 Å². The molecule has 2 aliphatic heterocycles. The molecule has 0 bridgehead atoms. The fourth-order valence-corrected chi connectivity index (χ4v) is 2.93. The summed E-state index contributed by atoms with van der Waals surface area (Å²) in [7, 11) is -1.03. The molecule has 3 heterocycles. The Hall–Kier alpha value is -1.67. The lowest BCUT2D eigenvalue weighted by Crippen LogP contribution is -2.41. The Morgan fingerprint density at radius 3 is 2.48 bits per heavy atom. The van der Waals surface area contributed by atoms with Crippen molar-refractivity contribution in [3.63, 3.8) is 0 Å². The molecule has 2 fully saturated rings. The van der Waals surface area contributed by atoms with Gasteiger partial charge in [-0.25, -0.2) is 4.39 Å². The van der Waals surface area contributed by atoms with E-state index in [1.54, 1.807) is 6.20 Å². The zero-order valence-corrected chi connectivity index (χ0v) is 15.3. The Morgan fingerprint density at radius 1 is 1.28 bits per heavy atom. The molecular formula is C17H25BFN3O3. The van der Waals surface area contributed by atoms with Crippen LogP contribution in [0.25, 0.3) is 6.08 Å². The molecule has 0 unspecified atom stereocenters. The fourth-order valence-electron chi connectivity index (χ4n) is 2.93. The highest BCUT2D eigenvalue weighted by molar-refractivity contribution is 6.54. The van der Waals surface area contributed by atoms with Crippen LogP contribution in [0, 0.1) is 0 Å². The van der Waals surface area contributed by atoms with Gasteiger partial charge in [-0.2, -0.15) is 5.10 Å². The number of likely N-dealkylation sites (tertiary alicyclic amines) is 1. The van der Waals surface area contributed by atoms with Gasteiger partial charge in [0, 0.05) is 24.8 Å². The van der Waals surface area contributed by atoms with E-state index < -0.39 is 24.0 Å². The summed E-state index contributed by atoms with van der Waals surface area (Å²) in [5.74, 6) is 0.0440. The highest BCUT2D eigenvalue weighted by atomic mass is 19.1. The molecule has 1 aromatic rings. The maximum Gasteiger partial charge on any atom is 0.525 e. The van der Waals surface area contributed by atoms with E-state index in [0.717, 1.165) is 25.9 Å². The van der Waals surface area contributed by atoms with Crippen LogP contribution in [0.2, 0.25) is 0 Å². The highest BCUT2D eigenvalue weighted by Gasteiger charge is 2.53. The maximum absolute atomic E-state index is 14.5. The molecule has 0 aliphatic carbocycles. The quantitative estimate of drug-likeness (QED) is 0.784. The molecule has 136 valence electrons. The van der Waals surface area contributed by atoms with Crippen molar-refractivity contribution < 1.29 is 18.5 Å². The molecule has 8 heteroatoms. The number of hydrogen-bond donors (Lipinski definition) is 0. The summed E-state index contributed by atoms with van der Waals surface area (Å²) in [6, 6.07) is 0. The van der Waals surface area contributed by atoms with Gasteiger partial charge in [-0.1, -0.05) is 0 Å². The third-order valence-corrected chi connectivity index (χ3v) is 5.19. The average molecular weight is 349 g/mol. The summed E-state index contributed by atoms with van der Waals surface area (Å²) < 4.78 is 27.4. The Balaban J connectivity index is 1.64. The van der Waals surface area contributed by atoms with Crippen LogP contribution < -0.4 is 0 Å². The molecule has 25 heavy (non-hydrogen) atoms. The van der Waals surface area contributed by atoms with Crippen LogP contribution in [-0.2, 0) is 20.6 Å². The first-order valence-corrected chi connectivity index (χ1v) is 8.71. The van der Waals surface area contributed by atoms with Crippen LogP contribution in [0.4, 0.5) is 4.39 Å². The number of amides is 1. The van der Waals surface area contributed by atoms with Gasteiger partial charge in [-0.3, -0.25) is 9.48 Å². The Labute approximate surface area is 148 Å². The molecule has 3 rings (SSSR count). The number of aromatic nitrogens is 2. The van der Waals surface area contributed by atoms with Crippen molar-refractivity contribution >= 4 is 19.1 Å². The zero-order valence-electron chi connectivity index (χ0n) is 15.3. The van der Waals surface area contributed by atoms with Gasteiger partial charge in [-0.05, 0) is 46.6 Å². The molecule has 2 aliphatic rings. The van der Waals surface area contributed by atoms with E-state index >= 15 is 0 Å². The molecule has 0 saturated carbocycles. The van der Waals surface area contributed by atoms with Crippen LogP contribution in [0.1, 0.15) is 46.1 Å². The number of nitrogens with zero attached hydrogens (tertiary/aromatic N) is 3. The third-order valence-electron chi connectivity index (χ3n) is 5.19. The van der Waals surface area contributed by atoms with Gasteiger partial charge >= 0.3 is 7.12 Å². The molecule has 1 amide bonds. The SMILES string of the molecule is CC1(C)OB(C(F)=Cc2cnn(CC(=O)N3CCCC3)c2)OC1(C)C. The molecule has 6 nitrogen and oxygen atoms in total. The lowest BCUT2D eigenvalue weighted by atomic mass is 9.87. The van der Waals surface area contributed by atoms with E-state index in [4.69, 9.17) is 9.31 Å². The fraction of sp³-hybridized carbons (Fsp3) is 0.647. The third kappa shape index (κ3) is 3.79. The molecule has 0 atom stereocenters. The number of rotatable bonds is 4. The minimum Gasteiger partial charge on any atom is -0.398 e. The van der Waals surface area contributed by atoms with Crippen molar-refractivity contribution in [1.29, 1.82) is 0 Å². The lowest BCUT2D eigenvalue weighted by Gasteiger charge is -2.32. The van der Waals surface area contributed by atoms with E-state index in [1.165, 1.54) is 17.0 Å². The van der Waals surface area contributed by atoms with Gasteiger partial charge in [-0.15, -0.1) is 0 Å². The van der Waals surface area contributed by atoms with Gasteiger partial charge < -0.3 is 14.2 Å². The second-order valence-corrected chi connectivity index (χ2v) is 7.68. The smallest absolute Gasteiger partial charge is 0.398 e. The molecular weight excluding hydrogens is 324 g/mol. The Morgan fingerprint density at radius 2 is 1.88 bits per heavy atom. The predicted octanol–water partition coefficient (Wildman–Crippen LogP) is 2.45. The van der Waals surface area contributed by atoms with Crippen molar-refractivity contribution in [2.75, 3.05) is 13.1 Å². The summed E-state index contributed by atoms with van der Waals surface area (Å²) in [6.45, 7) is 9.30. The summed E-state index contributed by atoms with van der Waals surface area (Å²) in [4.78, 5) is 14.0. The van der Waals surface area contributed by atoms with E-state index in [1.807, 2.05) is 32.6 Å². The van der Waals surface area contributed by atoms with Crippen LogP contribution >= 0.6 is 0 Å². The monoisotopic (exact) mass is 349 g/mol. The minimum atomic E-state index is -1.03. The topological polar surface area (TPSA) is 56.6 Å². The van der Waals surface area contributed by atoms with Crippen LogP contribution in [0.15, 0.2) is 18.1 Å². The van der Waals surface area contributed by atoms with E-state index in [2.05, 4.69) is 5.10 Å². The van der Waals surface area contributed by atoms with Gasteiger partial charge in [0.2, 0.25) is 5.91 Å². The Kier molecular flexibility index (Phi) is 4.77. The van der Waals surface area contributed by atoms with Gasteiger partial charge in [0.15, 0.2) is 0 Å². The van der Waals surface area contributed by atoms with Crippen LogP contribution in [0.3, 0.4) is 0 Å². The molecule has 0 N–H and O–H groups in total. The normalized spacial score (nSPS) is 22.7. The predicted molar refractivity (Wildman–Crippen MR) is 93.2 cm³/mol. The number of carbonyl (C=O) groups excluding carboxylic acids is 1. The second-order valence-electron chi connectivity index (χ2n) is 7.68. The van der Waals surface area contributed by atoms with E-state index in [0.29, 0.717) is 5.56 Å². The first kappa shape index (κ1) is 18.1. The second kappa shape index (κ2) is 6.57. The summed E-state index contributed by atoms with van der Waals surface area (Å²) in [5.41, 5.74) is -1.12. The molecule has 0 radical (unpaired) electrons. The van der Waals surface area contributed by atoms with Crippen molar-refractivity contribution in [3.8, 4) is 0 Å². The van der Waals surface area contributed by atoms with Crippen molar-refractivity contribution in [2.45, 2.75) is 58.3 Å². The number of hydrogen-bond acceptors (Lipinski definition) is 4. The highest BCUT2D eigenvalue weighted by Crippen LogP contribution is 2.39. The molecule has 1 aromatic heterocycles. The molecule has 0 aromatic carbocycles. The first-order valence-electron chi connectivity index (χ1n) is 8.71. The van der Waals surface area contributed by atoms with Gasteiger partial charge in [0.25, 0.3) is 0 Å². The standard InChI is InChI=1S/C17H25BFN3O3/c1-16(2)17(3,4)25-18(24-16)14(19)9-13-10-20-22(11-13)12-15(23)21-7-5-6-8-21/h9-11H,5-8,12H2,1-4H3. The number of carbonyl (C=O) groups is 1. The molecule has 2 saturated heterocycles. The van der Waals surface area contributed by atoms with Crippen molar-refractivity contribution in [2.24, 2.45) is 0 Å². The summed E-state index contributed by atoms with van der Waals surface area (Å²) >= 11 is 0. The minimum absolute atomic E-state index is 0.0440. The van der Waals surface area contributed by atoms with Gasteiger partial charge in [0.05, 0.1) is 17.4 Å². The average Bonchev–Trinajstić information content (AvgIpc) is 3.20. The van der Waals surface area contributed by atoms with Gasteiger partial charge in [0.1, 0.15) is 12.3 Å². The van der Waals surface area contributed by atoms with E-state index in [-0.39, 0.29) is 12.5 Å². The van der Waals surface area contributed by atoms with E-state index in [9.17, 15) is 9.18 Å². The lowest BCUT2D eigenvalue weighted by molar-refractivity contribution is -0.130. The van der Waals surface area contributed by atoms with Crippen LogP contribution in [-0.4, -0.2) is 52.0 Å². The van der Waals surface area contributed by atoms with Crippen molar-refractivity contribution in [1.82, 2.24) is 14.7 Å². The summed E-state index contributed by atoms with van der Waals surface area (Å²) in [5, 5.41) is 4.14. The maximum atomic E-state index is 14.5. The summed E-state index contributed by atoms with van der Waals surface area (Å²) in [6.07, 6.45) is 6.63.